The number of hydrogen-bond donors (Lipinski definition) is 6. The molecule has 1 aliphatic carbocycles. The van der Waals surface area contributed by atoms with Gasteiger partial charge in [-0.3, -0.25) is 19.3 Å². The Kier molecular flexibility index (Phi) is 7.90. The van der Waals surface area contributed by atoms with Crippen molar-refractivity contribution in [1.82, 2.24) is 14.3 Å². The van der Waals surface area contributed by atoms with Crippen LogP contribution < -0.4 is 26.9 Å². The van der Waals surface area contributed by atoms with Crippen molar-refractivity contribution < 1.29 is 48.0 Å². The van der Waals surface area contributed by atoms with Crippen LogP contribution in [0.25, 0.3) is 10.9 Å². The number of aromatic carboxylic acids is 1. The highest BCUT2D eigenvalue weighted by atomic mass is 32.2. The molecule has 3 fully saturated rings. The van der Waals surface area contributed by atoms with E-state index in [1.807, 2.05) is 0 Å². The summed E-state index contributed by atoms with van der Waals surface area (Å²) in [7, 11) is -1.67. The van der Waals surface area contributed by atoms with E-state index in [1.54, 1.807) is 0 Å². The quantitative estimate of drug-likeness (QED) is 0.129. The molecule has 1 aromatic carbocycles. The lowest BCUT2D eigenvalue weighted by atomic mass is 9.85. The normalized spacial score (nSPS) is 24.1. The zero-order valence-corrected chi connectivity index (χ0v) is 24.4. The Balaban J connectivity index is 1.31. The summed E-state index contributed by atoms with van der Waals surface area (Å²) in [6.07, 6.45) is 1.72. The van der Waals surface area contributed by atoms with E-state index < -0.39 is 91.9 Å². The fourth-order valence-electron chi connectivity index (χ4n) is 6.25. The second-order valence-electron chi connectivity index (χ2n) is 11.4. The minimum atomic E-state index is -1.67. The number of nitrogens with one attached hydrogen (secondary N) is 2. The number of carboxylic acid groups (broad SMARTS) is 2. The number of rotatable bonds is 9. The molecule has 0 bridgehead atoms. The second-order valence-corrected chi connectivity index (χ2v) is 13.2. The minimum absolute atomic E-state index is 0.110. The van der Waals surface area contributed by atoms with Crippen molar-refractivity contribution >= 4 is 61.1 Å². The third kappa shape index (κ3) is 5.15. The molecule has 2 aromatic rings. The van der Waals surface area contributed by atoms with Crippen LogP contribution in [0.15, 0.2) is 11.0 Å². The van der Waals surface area contributed by atoms with Gasteiger partial charge >= 0.3 is 17.4 Å². The van der Waals surface area contributed by atoms with E-state index in [0.29, 0.717) is 19.3 Å². The zero-order chi connectivity index (χ0) is 32.3. The molecule has 1 saturated carbocycles. The Morgan fingerprint density at radius 3 is 2.47 bits per heavy atom. The van der Waals surface area contributed by atoms with Crippen LogP contribution in [0.3, 0.4) is 0 Å². The molecule has 242 valence electrons. The van der Waals surface area contributed by atoms with Gasteiger partial charge in [0.15, 0.2) is 11.6 Å². The van der Waals surface area contributed by atoms with Crippen LogP contribution >= 0.6 is 10.7 Å². The summed E-state index contributed by atoms with van der Waals surface area (Å²) in [4.78, 5) is 64.0. The van der Waals surface area contributed by atoms with Gasteiger partial charge in [-0.15, -0.1) is 0 Å². The molecule has 0 radical (unpaired) electrons. The van der Waals surface area contributed by atoms with E-state index in [0.717, 1.165) is 6.20 Å². The fourth-order valence-corrected chi connectivity index (χ4v) is 8.25. The van der Waals surface area contributed by atoms with Crippen LogP contribution in [-0.2, 0) is 9.53 Å². The number of hydrogen-bond acceptors (Lipinski definition) is 10. The topological polar surface area (TPSA) is 217 Å². The van der Waals surface area contributed by atoms with Crippen molar-refractivity contribution in [3.63, 3.8) is 0 Å². The van der Waals surface area contributed by atoms with Crippen LogP contribution in [0.4, 0.5) is 29.7 Å². The fraction of sp³-hybridized carbons (Fsp3) is 0.481. The van der Waals surface area contributed by atoms with Crippen LogP contribution in [0.2, 0.25) is 0 Å². The van der Waals surface area contributed by atoms with Crippen molar-refractivity contribution in [2.75, 3.05) is 36.6 Å². The summed E-state index contributed by atoms with van der Waals surface area (Å²) in [5, 5.41) is 26.7. The summed E-state index contributed by atoms with van der Waals surface area (Å²) in [6.45, 7) is -0.433. The van der Waals surface area contributed by atoms with Gasteiger partial charge in [0.05, 0.1) is 22.9 Å². The van der Waals surface area contributed by atoms with Gasteiger partial charge in [0.25, 0.3) is 0 Å². The maximum Gasteiger partial charge on any atom is 0.426 e. The third-order valence-electron chi connectivity index (χ3n) is 8.51. The number of β-lactam (4-membered cyclic amide) rings is 1. The lowest BCUT2D eigenvalue weighted by Crippen LogP contribution is -2.56. The van der Waals surface area contributed by atoms with Gasteiger partial charge in [0.2, 0.25) is 11.3 Å². The Bertz CT molecular complexity index is 1750. The number of aliphatic hydroxyl groups excluding tert-OH is 1. The molecule has 2 amide bonds. The monoisotopic (exact) mass is 652 g/mol. The van der Waals surface area contributed by atoms with E-state index in [2.05, 4.69) is 10.9 Å². The Morgan fingerprint density at radius 2 is 1.87 bits per heavy atom. The number of carbonyl (C=O) groups excluding carboxylic acids is 2. The summed E-state index contributed by atoms with van der Waals surface area (Å²) in [5.41, 5.74) is 6.93. The van der Waals surface area contributed by atoms with Crippen molar-refractivity contribution in [1.29, 1.82) is 0 Å². The largest absolute Gasteiger partial charge is 0.477 e. The van der Waals surface area contributed by atoms with Gasteiger partial charge in [-0.05, 0) is 25.7 Å². The molecular weight excluding hydrogens is 622 g/mol. The van der Waals surface area contributed by atoms with Gasteiger partial charge in [-0.1, -0.05) is 0 Å². The molecule has 45 heavy (non-hydrogen) atoms. The first-order valence-electron chi connectivity index (χ1n) is 14.2. The Labute approximate surface area is 255 Å². The third-order valence-corrected chi connectivity index (χ3v) is 10.5. The predicted molar refractivity (Wildman–Crippen MR) is 157 cm³/mol. The van der Waals surface area contributed by atoms with Crippen LogP contribution in [0, 0.1) is 17.6 Å². The first kappa shape index (κ1) is 30.7. The summed E-state index contributed by atoms with van der Waals surface area (Å²) in [5.74, 6) is -4.87. The van der Waals surface area contributed by atoms with Crippen molar-refractivity contribution in [2.45, 2.75) is 50.2 Å². The molecule has 1 unspecified atom stereocenters. The first-order valence-corrected chi connectivity index (χ1v) is 15.4. The van der Waals surface area contributed by atoms with Gasteiger partial charge in [0, 0.05) is 59.9 Å². The molecule has 15 nitrogen and oxygen atoms in total. The number of carboxylic acids is 1. The highest BCUT2D eigenvalue weighted by molar-refractivity contribution is 8.27. The molecule has 0 spiro atoms. The maximum atomic E-state index is 16.2. The molecule has 4 atom stereocenters. The average Bonchev–Trinajstić information content (AvgIpc) is 3.66. The minimum Gasteiger partial charge on any atom is -0.477 e. The second kappa shape index (κ2) is 11.6. The molecule has 4 aliphatic rings. The Hall–Kier alpha value is -4.29. The van der Waals surface area contributed by atoms with Crippen LogP contribution in [0.5, 0.6) is 0 Å². The molecule has 18 heteroatoms. The number of nitrogens with two attached hydrogens (primary N) is 1. The first-order chi connectivity index (χ1) is 21.4. The molecule has 4 heterocycles. The van der Waals surface area contributed by atoms with Gasteiger partial charge in [-0.25, -0.2) is 28.6 Å². The predicted octanol–water partition coefficient (Wildman–Crippen LogP) is 1.55. The standard InChI is InChI=1S/C27H30F2N6O9S/c28-18-20(31-32-26(41)44-10-13-7-16-14(4-6-36)24(38)35(16)45(13)27(42)43)17-21(19(29)22(18)33-5-3-11(30)8-33)34(12-1-2-12)9-15(23(17)37)25(39)40/h9,11-12,14,16,31,36H,1-8,10,30H2,(H,32,41)(H,39,40)(H,42,43)/t11-,14+,16+,45?/m0/s1. The smallest absolute Gasteiger partial charge is 0.426 e. The summed E-state index contributed by atoms with van der Waals surface area (Å²) < 4.78 is 40.0. The number of benzene rings is 1. The van der Waals surface area contributed by atoms with E-state index >= 15 is 8.78 Å². The number of pyridine rings is 1. The Morgan fingerprint density at radius 1 is 1.13 bits per heavy atom. The molecule has 7 N–H and O–H groups in total. The lowest BCUT2D eigenvalue weighted by molar-refractivity contribution is -0.145. The molecule has 3 aliphatic heterocycles. The van der Waals surface area contributed by atoms with E-state index in [-0.39, 0.29) is 55.0 Å². The number of fused-ring (bicyclic) bond motifs is 2. The highest BCUT2D eigenvalue weighted by Gasteiger charge is 2.54. The highest BCUT2D eigenvalue weighted by Crippen LogP contribution is 2.48. The number of carbonyl (C=O) groups is 4. The van der Waals surface area contributed by atoms with E-state index in [9.17, 15) is 39.3 Å². The number of aliphatic hydroxyl groups is 1. The van der Waals surface area contributed by atoms with Crippen molar-refractivity contribution in [3.8, 4) is 0 Å². The van der Waals surface area contributed by atoms with Crippen molar-refractivity contribution in [3.05, 3.63) is 33.6 Å². The van der Waals surface area contributed by atoms with Crippen LogP contribution in [0.1, 0.15) is 48.5 Å². The van der Waals surface area contributed by atoms with E-state index in [4.69, 9.17) is 10.5 Å². The lowest BCUT2D eigenvalue weighted by Gasteiger charge is -2.42. The number of hydrazine groups is 1. The number of nitrogens with zero attached hydrogens (tertiary/aromatic N) is 3. The maximum absolute atomic E-state index is 16.2. The van der Waals surface area contributed by atoms with Gasteiger partial charge in [0.1, 0.15) is 23.5 Å². The number of ether oxygens (including phenoxy) is 1. The van der Waals surface area contributed by atoms with Crippen LogP contribution in [-0.4, -0.2) is 90.7 Å². The number of amides is 2. The number of anilines is 2. The molecule has 6 rings (SSSR count). The number of halogens is 2. The van der Waals surface area contributed by atoms with Crippen molar-refractivity contribution in [2.24, 2.45) is 11.7 Å². The van der Waals surface area contributed by atoms with E-state index in [1.165, 1.54) is 13.8 Å². The summed E-state index contributed by atoms with van der Waals surface area (Å²) in [6, 6.07) is -1.14. The SMILES string of the molecule is N[C@H]1CCN(c2c(F)c(NNC(=O)OCC3=S(C(=O)O)N4C(=O)[C@H](CCO)[C@H]4C3)c3c(=O)c(C(=O)O)cn(C4CC4)c3c2F)C1. The summed E-state index contributed by atoms with van der Waals surface area (Å²) >= 11 is 0. The van der Waals surface area contributed by atoms with Gasteiger partial charge < -0.3 is 35.3 Å². The molecular formula is C27H30F2N6O9S. The number of aromatic nitrogens is 1. The van der Waals surface area contributed by atoms with Gasteiger partial charge in [-0.2, -0.15) is 0 Å². The average molecular weight is 653 g/mol. The zero-order valence-electron chi connectivity index (χ0n) is 23.6. The molecule has 1 aromatic heterocycles. The molecule has 2 saturated heterocycles.